The highest BCUT2D eigenvalue weighted by molar-refractivity contribution is 6.01. The minimum atomic E-state index is -0.773. The van der Waals surface area contributed by atoms with Crippen LogP contribution in [0.5, 0.6) is 0 Å². The van der Waals surface area contributed by atoms with Crippen molar-refractivity contribution in [2.24, 2.45) is 0 Å². The van der Waals surface area contributed by atoms with Crippen LogP contribution in [0, 0.1) is 26.6 Å². The maximum absolute atomic E-state index is 13.5. The molecule has 1 N–H and O–H groups in total. The average molecular weight is 357 g/mol. The molecular formula is C20H20FNO4. The molecule has 0 aromatic heterocycles. The number of esters is 1. The number of aryl methyl sites for hydroxylation is 3. The fourth-order valence-electron chi connectivity index (χ4n) is 2.78. The van der Waals surface area contributed by atoms with E-state index in [4.69, 9.17) is 4.74 Å². The fourth-order valence-corrected chi connectivity index (χ4v) is 2.78. The van der Waals surface area contributed by atoms with Crippen LogP contribution in [0.2, 0.25) is 0 Å². The highest BCUT2D eigenvalue weighted by atomic mass is 19.1. The molecule has 2 aromatic rings. The number of ether oxygens (including phenoxy) is 1. The zero-order valence-electron chi connectivity index (χ0n) is 14.9. The van der Waals surface area contributed by atoms with E-state index < -0.39 is 30.8 Å². The number of benzene rings is 2. The highest BCUT2D eigenvalue weighted by Crippen LogP contribution is 2.17. The SMILES string of the molecule is Cc1cc(C)c(C(=O)COC(=O)CNC(=O)c2ccccc2F)c(C)c1. The molecule has 0 spiro atoms. The summed E-state index contributed by atoms with van der Waals surface area (Å²) in [5.41, 5.74) is 3.04. The van der Waals surface area contributed by atoms with Gasteiger partial charge in [0.05, 0.1) is 5.56 Å². The summed E-state index contributed by atoms with van der Waals surface area (Å²) in [6.45, 7) is 4.71. The molecule has 0 saturated heterocycles. The molecule has 0 aliphatic carbocycles. The van der Waals surface area contributed by atoms with E-state index in [9.17, 15) is 18.8 Å². The monoisotopic (exact) mass is 357 g/mol. The number of ketones is 1. The van der Waals surface area contributed by atoms with E-state index in [2.05, 4.69) is 5.32 Å². The Balaban J connectivity index is 1.88. The molecule has 0 unspecified atom stereocenters. The molecular weight excluding hydrogens is 337 g/mol. The van der Waals surface area contributed by atoms with Crippen molar-refractivity contribution in [3.63, 3.8) is 0 Å². The van der Waals surface area contributed by atoms with Crippen LogP contribution < -0.4 is 5.32 Å². The van der Waals surface area contributed by atoms with Crippen LogP contribution >= 0.6 is 0 Å². The number of Topliss-reactive ketones (excluding diaryl/α,β-unsaturated/α-hetero) is 1. The van der Waals surface area contributed by atoms with Crippen LogP contribution in [0.1, 0.15) is 37.4 Å². The van der Waals surface area contributed by atoms with Gasteiger partial charge in [-0.1, -0.05) is 29.8 Å². The Morgan fingerprint density at radius 1 is 1.04 bits per heavy atom. The van der Waals surface area contributed by atoms with E-state index in [1.807, 2.05) is 32.9 Å². The molecule has 0 aliphatic rings. The number of hydrogen-bond acceptors (Lipinski definition) is 4. The van der Waals surface area contributed by atoms with Gasteiger partial charge >= 0.3 is 5.97 Å². The van der Waals surface area contributed by atoms with E-state index in [1.54, 1.807) is 0 Å². The van der Waals surface area contributed by atoms with Gasteiger partial charge in [0.25, 0.3) is 5.91 Å². The Bertz CT molecular complexity index is 838. The zero-order chi connectivity index (χ0) is 19.3. The topological polar surface area (TPSA) is 72.5 Å². The Morgan fingerprint density at radius 3 is 2.27 bits per heavy atom. The summed E-state index contributed by atoms with van der Waals surface area (Å²) < 4.78 is 18.4. The van der Waals surface area contributed by atoms with Gasteiger partial charge < -0.3 is 10.1 Å². The van der Waals surface area contributed by atoms with E-state index in [0.29, 0.717) is 5.56 Å². The summed E-state index contributed by atoms with van der Waals surface area (Å²) in [6, 6.07) is 9.20. The molecule has 5 nitrogen and oxygen atoms in total. The summed E-state index contributed by atoms with van der Waals surface area (Å²) in [4.78, 5) is 35.9. The molecule has 0 heterocycles. The lowest BCUT2D eigenvalue weighted by Crippen LogP contribution is -2.32. The molecule has 1 amide bonds. The van der Waals surface area contributed by atoms with Crippen molar-refractivity contribution in [2.75, 3.05) is 13.2 Å². The minimum absolute atomic E-state index is 0.165. The fraction of sp³-hybridized carbons (Fsp3) is 0.250. The summed E-state index contributed by atoms with van der Waals surface area (Å²) in [5, 5.41) is 2.27. The van der Waals surface area contributed by atoms with Crippen molar-refractivity contribution in [2.45, 2.75) is 20.8 Å². The number of hydrogen-bond donors (Lipinski definition) is 1. The van der Waals surface area contributed by atoms with Gasteiger partial charge in [-0.15, -0.1) is 0 Å². The number of amides is 1. The summed E-state index contributed by atoms with van der Waals surface area (Å²) in [6.07, 6.45) is 0. The number of halogens is 1. The van der Waals surface area contributed by atoms with Gasteiger partial charge in [0.2, 0.25) is 5.78 Å². The molecule has 0 fully saturated rings. The van der Waals surface area contributed by atoms with Crippen LogP contribution in [-0.4, -0.2) is 30.8 Å². The Kier molecular flexibility index (Phi) is 6.22. The lowest BCUT2D eigenvalue weighted by molar-refractivity contribution is -0.141. The van der Waals surface area contributed by atoms with Gasteiger partial charge in [-0.05, 0) is 44.0 Å². The first-order chi connectivity index (χ1) is 12.3. The third-order valence-corrected chi connectivity index (χ3v) is 3.83. The first kappa shape index (κ1) is 19.3. The van der Waals surface area contributed by atoms with Gasteiger partial charge in [-0.3, -0.25) is 14.4 Å². The normalized spacial score (nSPS) is 10.3. The van der Waals surface area contributed by atoms with Gasteiger partial charge in [0.1, 0.15) is 12.4 Å². The third kappa shape index (κ3) is 4.75. The van der Waals surface area contributed by atoms with Gasteiger partial charge in [-0.2, -0.15) is 0 Å². The number of carbonyl (C=O) groups is 3. The van der Waals surface area contributed by atoms with Crippen molar-refractivity contribution >= 4 is 17.7 Å². The number of carbonyl (C=O) groups excluding carboxylic acids is 3. The van der Waals surface area contributed by atoms with Crippen molar-refractivity contribution in [1.82, 2.24) is 5.32 Å². The second-order valence-electron chi connectivity index (χ2n) is 6.02. The average Bonchev–Trinajstić information content (AvgIpc) is 2.57. The summed E-state index contributed by atoms with van der Waals surface area (Å²) in [7, 11) is 0. The molecule has 0 aliphatic heterocycles. The molecule has 0 bridgehead atoms. The first-order valence-electron chi connectivity index (χ1n) is 8.09. The van der Waals surface area contributed by atoms with E-state index in [1.165, 1.54) is 18.2 Å². The molecule has 6 heteroatoms. The van der Waals surface area contributed by atoms with Crippen LogP contribution in [0.4, 0.5) is 4.39 Å². The molecule has 0 saturated carbocycles. The summed E-state index contributed by atoms with van der Waals surface area (Å²) >= 11 is 0. The van der Waals surface area contributed by atoms with Gasteiger partial charge in [0.15, 0.2) is 6.61 Å². The molecule has 2 rings (SSSR count). The highest BCUT2D eigenvalue weighted by Gasteiger charge is 2.16. The minimum Gasteiger partial charge on any atom is -0.456 e. The lowest BCUT2D eigenvalue weighted by atomic mass is 9.97. The predicted molar refractivity (Wildman–Crippen MR) is 94.7 cm³/mol. The largest absolute Gasteiger partial charge is 0.456 e. The quantitative estimate of drug-likeness (QED) is 0.637. The van der Waals surface area contributed by atoms with E-state index in [-0.39, 0.29) is 11.3 Å². The first-order valence-corrected chi connectivity index (χ1v) is 8.09. The molecule has 136 valence electrons. The summed E-state index contributed by atoms with van der Waals surface area (Å²) in [5.74, 6) is -2.49. The van der Waals surface area contributed by atoms with Gasteiger partial charge in [-0.25, -0.2) is 4.39 Å². The van der Waals surface area contributed by atoms with Crippen molar-refractivity contribution in [1.29, 1.82) is 0 Å². The predicted octanol–water partition coefficient (Wildman–Crippen LogP) is 2.91. The van der Waals surface area contributed by atoms with Crippen molar-refractivity contribution in [3.05, 3.63) is 70.0 Å². The smallest absolute Gasteiger partial charge is 0.325 e. The zero-order valence-corrected chi connectivity index (χ0v) is 14.9. The number of rotatable bonds is 6. The van der Waals surface area contributed by atoms with Crippen molar-refractivity contribution in [3.8, 4) is 0 Å². The molecule has 26 heavy (non-hydrogen) atoms. The Labute approximate surface area is 151 Å². The lowest BCUT2D eigenvalue weighted by Gasteiger charge is -2.11. The molecule has 2 aromatic carbocycles. The standard InChI is InChI=1S/C20H20FNO4/c1-12-8-13(2)19(14(3)9-12)17(23)11-26-18(24)10-22-20(25)15-6-4-5-7-16(15)21/h4-9H,10-11H2,1-3H3,(H,22,25). The molecule has 0 atom stereocenters. The van der Waals surface area contributed by atoms with Gasteiger partial charge in [0, 0.05) is 5.56 Å². The van der Waals surface area contributed by atoms with Crippen LogP contribution in [0.25, 0.3) is 0 Å². The number of nitrogens with one attached hydrogen (secondary N) is 1. The van der Waals surface area contributed by atoms with E-state index >= 15 is 0 Å². The van der Waals surface area contributed by atoms with Crippen LogP contribution in [0.15, 0.2) is 36.4 Å². The Hall–Kier alpha value is -3.02. The molecule has 0 radical (unpaired) electrons. The third-order valence-electron chi connectivity index (χ3n) is 3.83. The second-order valence-corrected chi connectivity index (χ2v) is 6.02. The maximum Gasteiger partial charge on any atom is 0.325 e. The van der Waals surface area contributed by atoms with Crippen LogP contribution in [-0.2, 0) is 9.53 Å². The second kappa shape index (κ2) is 8.38. The Morgan fingerprint density at radius 2 is 1.65 bits per heavy atom. The van der Waals surface area contributed by atoms with Crippen LogP contribution in [0.3, 0.4) is 0 Å². The van der Waals surface area contributed by atoms with Crippen molar-refractivity contribution < 1.29 is 23.5 Å². The maximum atomic E-state index is 13.5. The van der Waals surface area contributed by atoms with E-state index in [0.717, 1.165) is 22.8 Å².